The van der Waals surface area contributed by atoms with Crippen molar-refractivity contribution in [3.8, 4) is 17.3 Å². The zero-order valence-electron chi connectivity index (χ0n) is 16.2. The fourth-order valence-electron chi connectivity index (χ4n) is 3.81. The molecule has 0 N–H and O–H groups in total. The Hall–Kier alpha value is -3.12. The number of hydrogen-bond acceptors (Lipinski definition) is 2. The summed E-state index contributed by atoms with van der Waals surface area (Å²) in [6, 6.07) is 16.9. The number of nitriles is 1. The van der Waals surface area contributed by atoms with E-state index in [1.165, 1.54) is 5.56 Å². The van der Waals surface area contributed by atoms with E-state index >= 15 is 0 Å². The van der Waals surface area contributed by atoms with Crippen LogP contribution in [0.15, 0.2) is 53.1 Å². The zero-order valence-corrected chi connectivity index (χ0v) is 16.2. The molecule has 0 aliphatic rings. The lowest BCUT2D eigenvalue weighted by atomic mass is 9.96. The highest BCUT2D eigenvalue weighted by Crippen LogP contribution is 2.35. The normalized spacial score (nSPS) is 11.4. The van der Waals surface area contributed by atoms with Crippen molar-refractivity contribution in [2.45, 2.75) is 27.2 Å². The van der Waals surface area contributed by atoms with Crippen LogP contribution in [0.25, 0.3) is 33.2 Å². The average Bonchev–Trinajstić information content (AvgIpc) is 2.96. The van der Waals surface area contributed by atoms with Crippen LogP contribution in [-0.2, 0) is 13.5 Å². The minimum absolute atomic E-state index is 0.492. The highest BCUT2D eigenvalue weighted by Gasteiger charge is 2.17. The van der Waals surface area contributed by atoms with Gasteiger partial charge >= 0.3 is 0 Å². The third-order valence-corrected chi connectivity index (χ3v) is 5.12. The van der Waals surface area contributed by atoms with Crippen molar-refractivity contribution in [2.24, 2.45) is 13.0 Å². The smallest absolute Gasteiger partial charge is 0.212 e. The Morgan fingerprint density at radius 3 is 2.52 bits per heavy atom. The molecule has 4 rings (SSSR count). The van der Waals surface area contributed by atoms with Gasteiger partial charge in [-0.25, -0.2) is 4.57 Å². The second-order valence-corrected chi connectivity index (χ2v) is 7.68. The molecule has 134 valence electrons. The van der Waals surface area contributed by atoms with E-state index in [4.69, 9.17) is 4.42 Å². The largest absolute Gasteiger partial charge is 0.456 e. The van der Waals surface area contributed by atoms with Crippen molar-refractivity contribution in [2.75, 3.05) is 0 Å². The van der Waals surface area contributed by atoms with Crippen LogP contribution in [-0.4, -0.2) is 0 Å². The zero-order chi connectivity index (χ0) is 19.1. The molecule has 0 saturated carbocycles. The van der Waals surface area contributed by atoms with Crippen molar-refractivity contribution >= 4 is 21.9 Å². The number of aryl methyl sites for hydroxylation is 2. The van der Waals surface area contributed by atoms with Gasteiger partial charge in [0, 0.05) is 22.9 Å². The lowest BCUT2D eigenvalue weighted by molar-refractivity contribution is -0.660. The second kappa shape index (κ2) is 6.55. The number of furan rings is 1. The van der Waals surface area contributed by atoms with Crippen LogP contribution in [0.2, 0.25) is 0 Å². The molecule has 0 atom stereocenters. The monoisotopic (exact) mass is 355 g/mol. The van der Waals surface area contributed by atoms with Gasteiger partial charge in [0.15, 0.2) is 6.20 Å². The van der Waals surface area contributed by atoms with E-state index in [1.807, 2.05) is 18.2 Å². The maximum atomic E-state index is 9.59. The highest BCUT2D eigenvalue weighted by molar-refractivity contribution is 6.07. The minimum atomic E-state index is 0.492. The average molecular weight is 355 g/mol. The van der Waals surface area contributed by atoms with E-state index in [-0.39, 0.29) is 0 Å². The summed E-state index contributed by atoms with van der Waals surface area (Å²) in [4.78, 5) is 0. The number of rotatable bonds is 3. The molecule has 0 amide bonds. The number of pyridine rings is 1. The van der Waals surface area contributed by atoms with Crippen LogP contribution in [0.1, 0.15) is 30.5 Å². The van der Waals surface area contributed by atoms with Crippen molar-refractivity contribution < 1.29 is 8.98 Å². The first-order valence-corrected chi connectivity index (χ1v) is 9.33. The molecule has 2 aromatic heterocycles. The maximum absolute atomic E-state index is 9.59. The van der Waals surface area contributed by atoms with Crippen LogP contribution < -0.4 is 4.57 Å². The predicted molar refractivity (Wildman–Crippen MR) is 108 cm³/mol. The van der Waals surface area contributed by atoms with Crippen LogP contribution >= 0.6 is 0 Å². The SMILES string of the molecule is Cc1cc2c(cc1-c1cccc[n+]1C)oc1cc(CC(C)C)c(C#N)cc12. The van der Waals surface area contributed by atoms with Crippen LogP contribution in [0, 0.1) is 24.2 Å². The standard InChI is InChI=1S/C24H23N2O/c1-15(2)9-17-12-23-21(11-18(17)14-25)20-10-16(3)19(13-24(20)27-23)22-7-5-6-8-26(22)4/h5-8,10-13,15H,9H2,1-4H3/q+1. The van der Waals surface area contributed by atoms with E-state index in [9.17, 15) is 5.26 Å². The number of nitrogens with zero attached hydrogens (tertiary/aromatic N) is 2. The summed E-state index contributed by atoms with van der Waals surface area (Å²) in [5.41, 5.74) is 7.02. The number of aromatic nitrogens is 1. The van der Waals surface area contributed by atoms with E-state index in [2.05, 4.69) is 68.9 Å². The molecule has 0 fully saturated rings. The first-order valence-electron chi connectivity index (χ1n) is 9.33. The Morgan fingerprint density at radius 2 is 1.81 bits per heavy atom. The van der Waals surface area contributed by atoms with Gasteiger partial charge in [-0.2, -0.15) is 5.26 Å². The summed E-state index contributed by atoms with van der Waals surface area (Å²) in [7, 11) is 2.05. The van der Waals surface area contributed by atoms with Gasteiger partial charge in [-0.05, 0) is 60.7 Å². The van der Waals surface area contributed by atoms with Gasteiger partial charge in [-0.15, -0.1) is 0 Å². The third kappa shape index (κ3) is 2.98. The molecule has 2 heterocycles. The van der Waals surface area contributed by atoms with Gasteiger partial charge in [-0.1, -0.05) is 13.8 Å². The Kier molecular flexibility index (Phi) is 4.20. The van der Waals surface area contributed by atoms with Gasteiger partial charge in [0.05, 0.1) is 17.2 Å². The Morgan fingerprint density at radius 1 is 1.07 bits per heavy atom. The quantitative estimate of drug-likeness (QED) is 0.458. The Labute approximate surface area is 159 Å². The molecular formula is C24H23N2O+. The first kappa shape index (κ1) is 17.3. The molecule has 3 heteroatoms. The first-order chi connectivity index (χ1) is 13.0. The summed E-state index contributed by atoms with van der Waals surface area (Å²) < 4.78 is 8.33. The van der Waals surface area contributed by atoms with E-state index in [1.54, 1.807) is 0 Å². The molecule has 0 aliphatic heterocycles. The van der Waals surface area contributed by atoms with Crippen LogP contribution in [0.4, 0.5) is 0 Å². The van der Waals surface area contributed by atoms with E-state index < -0.39 is 0 Å². The molecule has 0 spiro atoms. The minimum Gasteiger partial charge on any atom is -0.456 e. The van der Waals surface area contributed by atoms with Crippen molar-refractivity contribution in [3.05, 3.63) is 65.4 Å². The Balaban J connectivity index is 1.97. The van der Waals surface area contributed by atoms with Gasteiger partial charge in [-0.3, -0.25) is 0 Å². The molecule has 3 nitrogen and oxygen atoms in total. The topological polar surface area (TPSA) is 40.8 Å². The van der Waals surface area contributed by atoms with Crippen molar-refractivity contribution in [1.29, 1.82) is 5.26 Å². The fraction of sp³-hybridized carbons (Fsp3) is 0.250. The lowest BCUT2D eigenvalue weighted by Gasteiger charge is -2.07. The molecule has 27 heavy (non-hydrogen) atoms. The summed E-state index contributed by atoms with van der Waals surface area (Å²) >= 11 is 0. The molecule has 0 radical (unpaired) electrons. The molecule has 0 saturated heterocycles. The molecule has 0 bridgehead atoms. The predicted octanol–water partition coefficient (Wildman–Crippen LogP) is 5.46. The molecule has 4 aromatic rings. The van der Waals surface area contributed by atoms with Gasteiger partial charge in [0.25, 0.3) is 0 Å². The second-order valence-electron chi connectivity index (χ2n) is 7.68. The maximum Gasteiger partial charge on any atom is 0.212 e. The third-order valence-electron chi connectivity index (χ3n) is 5.12. The molecule has 2 aromatic carbocycles. The summed E-state index contributed by atoms with van der Waals surface area (Å²) in [5, 5.41) is 11.7. The number of benzene rings is 2. The van der Waals surface area contributed by atoms with Gasteiger partial charge in [0.1, 0.15) is 18.2 Å². The molecule has 0 unspecified atom stereocenters. The summed E-state index contributed by atoms with van der Waals surface area (Å²) in [6.07, 6.45) is 2.93. The van der Waals surface area contributed by atoms with Gasteiger partial charge < -0.3 is 4.42 Å². The molecule has 0 aliphatic carbocycles. The number of fused-ring (bicyclic) bond motifs is 3. The van der Waals surface area contributed by atoms with Crippen molar-refractivity contribution in [1.82, 2.24) is 0 Å². The summed E-state index contributed by atoms with van der Waals surface area (Å²) in [6.45, 7) is 6.46. The molecular weight excluding hydrogens is 332 g/mol. The van der Waals surface area contributed by atoms with E-state index in [0.29, 0.717) is 5.92 Å². The van der Waals surface area contributed by atoms with Crippen LogP contribution in [0.5, 0.6) is 0 Å². The fourth-order valence-corrected chi connectivity index (χ4v) is 3.81. The van der Waals surface area contributed by atoms with Crippen LogP contribution in [0.3, 0.4) is 0 Å². The highest BCUT2D eigenvalue weighted by atomic mass is 16.3. The number of hydrogen-bond donors (Lipinski definition) is 0. The summed E-state index contributed by atoms with van der Waals surface area (Å²) in [5.74, 6) is 0.492. The lowest BCUT2D eigenvalue weighted by Crippen LogP contribution is -2.30. The van der Waals surface area contributed by atoms with Crippen molar-refractivity contribution in [3.63, 3.8) is 0 Å². The van der Waals surface area contributed by atoms with Gasteiger partial charge in [0.2, 0.25) is 5.69 Å². The Bertz CT molecular complexity index is 1210. The van der Waals surface area contributed by atoms with E-state index in [0.717, 1.165) is 50.7 Å².